The molecule has 0 spiro atoms. The third kappa shape index (κ3) is 4.62. The highest BCUT2D eigenvalue weighted by molar-refractivity contribution is 9.10. The first-order valence-corrected chi connectivity index (χ1v) is 7.14. The van der Waals surface area contributed by atoms with Gasteiger partial charge in [0.25, 0.3) is 0 Å². The smallest absolute Gasteiger partial charge is 0.134 e. The Labute approximate surface area is 113 Å². The van der Waals surface area contributed by atoms with Crippen molar-refractivity contribution in [3.63, 3.8) is 0 Å². The van der Waals surface area contributed by atoms with Gasteiger partial charge in [-0.05, 0) is 21.8 Å². The molecule has 0 radical (unpaired) electrons. The molecule has 0 saturated carbocycles. The topological polar surface area (TPSA) is 37.8 Å². The summed E-state index contributed by atoms with van der Waals surface area (Å²) in [4.78, 5) is 8.89. The van der Waals surface area contributed by atoms with Gasteiger partial charge in [-0.15, -0.1) is 0 Å². The number of halogens is 1. The van der Waals surface area contributed by atoms with Gasteiger partial charge in [0.2, 0.25) is 0 Å². The van der Waals surface area contributed by atoms with E-state index in [1.807, 2.05) is 6.07 Å². The molecule has 4 heteroatoms. The van der Waals surface area contributed by atoms with Crippen LogP contribution in [0.1, 0.15) is 52.3 Å². The summed E-state index contributed by atoms with van der Waals surface area (Å²) in [5.41, 5.74) is 0. The van der Waals surface area contributed by atoms with E-state index in [2.05, 4.69) is 58.9 Å². The molecular weight excluding hydrogens is 278 g/mol. The highest BCUT2D eigenvalue weighted by Crippen LogP contribution is 2.18. The number of rotatable bonds is 6. The maximum atomic E-state index is 4.52. The predicted octanol–water partition coefficient (Wildman–Crippen LogP) is 4.21. The maximum absolute atomic E-state index is 4.52. The van der Waals surface area contributed by atoms with Crippen LogP contribution in [-0.2, 0) is 0 Å². The van der Waals surface area contributed by atoms with Crippen LogP contribution in [0.25, 0.3) is 0 Å². The predicted molar refractivity (Wildman–Crippen MR) is 76.4 cm³/mol. The van der Waals surface area contributed by atoms with Crippen molar-refractivity contribution in [1.82, 2.24) is 9.97 Å². The van der Waals surface area contributed by atoms with Crippen LogP contribution in [0.15, 0.2) is 10.7 Å². The molecule has 1 N–H and O–H groups in total. The second-order valence-electron chi connectivity index (χ2n) is 4.65. The van der Waals surface area contributed by atoms with Crippen molar-refractivity contribution in [3.05, 3.63) is 16.5 Å². The third-order valence-electron chi connectivity index (χ3n) is 2.96. The van der Waals surface area contributed by atoms with E-state index in [9.17, 15) is 0 Å². The van der Waals surface area contributed by atoms with E-state index < -0.39 is 0 Å². The number of nitrogens with zero attached hydrogens (tertiary/aromatic N) is 2. The Kier molecular flexibility index (Phi) is 5.89. The molecule has 1 rings (SSSR count). The lowest BCUT2D eigenvalue weighted by atomic mass is 10.0. The van der Waals surface area contributed by atoms with Gasteiger partial charge in [-0.3, -0.25) is 0 Å². The summed E-state index contributed by atoms with van der Waals surface area (Å²) in [6, 6.07) is 1.94. The Morgan fingerprint density at radius 3 is 2.41 bits per heavy atom. The van der Waals surface area contributed by atoms with E-state index >= 15 is 0 Å². The largest absolute Gasteiger partial charge is 0.370 e. The molecule has 0 bridgehead atoms. The fourth-order valence-electron chi connectivity index (χ4n) is 1.61. The van der Waals surface area contributed by atoms with Gasteiger partial charge in [-0.1, -0.05) is 40.5 Å². The van der Waals surface area contributed by atoms with Crippen molar-refractivity contribution in [1.29, 1.82) is 0 Å². The van der Waals surface area contributed by atoms with Gasteiger partial charge in [0.05, 0.1) is 0 Å². The molecule has 0 aliphatic rings. The standard InChI is InChI=1S/C13H22BrN3/c1-5-10(6-2)8-15-12-7-11(14)16-13(17-12)9(3)4/h7,9-10H,5-6,8H2,1-4H3,(H,15,16,17). The minimum Gasteiger partial charge on any atom is -0.370 e. The van der Waals surface area contributed by atoms with E-state index in [1.54, 1.807) is 0 Å². The Bertz CT molecular complexity index is 349. The first kappa shape index (κ1) is 14.4. The molecule has 3 nitrogen and oxygen atoms in total. The van der Waals surface area contributed by atoms with E-state index in [4.69, 9.17) is 0 Å². The zero-order chi connectivity index (χ0) is 12.8. The Balaban J connectivity index is 2.70. The van der Waals surface area contributed by atoms with Gasteiger partial charge in [0.1, 0.15) is 16.2 Å². The van der Waals surface area contributed by atoms with E-state index in [-0.39, 0.29) is 0 Å². The van der Waals surface area contributed by atoms with Crippen LogP contribution in [0.4, 0.5) is 5.82 Å². The fraction of sp³-hybridized carbons (Fsp3) is 0.692. The number of anilines is 1. The zero-order valence-corrected chi connectivity index (χ0v) is 12.7. The van der Waals surface area contributed by atoms with Crippen LogP contribution in [0.5, 0.6) is 0 Å². The molecule has 0 aromatic carbocycles. The van der Waals surface area contributed by atoms with Crippen molar-refractivity contribution < 1.29 is 0 Å². The normalized spacial score (nSPS) is 11.2. The average Bonchev–Trinajstić information content (AvgIpc) is 2.29. The molecule has 96 valence electrons. The van der Waals surface area contributed by atoms with Gasteiger partial charge in [0, 0.05) is 18.5 Å². The zero-order valence-electron chi connectivity index (χ0n) is 11.1. The summed E-state index contributed by atoms with van der Waals surface area (Å²) in [5.74, 6) is 2.86. The SMILES string of the molecule is CCC(CC)CNc1cc(Br)nc(C(C)C)n1. The van der Waals surface area contributed by atoms with E-state index in [0.717, 1.165) is 22.8 Å². The van der Waals surface area contributed by atoms with Gasteiger partial charge in [0.15, 0.2) is 0 Å². The monoisotopic (exact) mass is 299 g/mol. The van der Waals surface area contributed by atoms with Gasteiger partial charge >= 0.3 is 0 Å². The molecule has 0 saturated heterocycles. The molecule has 17 heavy (non-hydrogen) atoms. The molecule has 1 heterocycles. The van der Waals surface area contributed by atoms with Crippen molar-refractivity contribution in [3.8, 4) is 0 Å². The second-order valence-corrected chi connectivity index (χ2v) is 5.46. The Hall–Kier alpha value is -0.640. The molecule has 0 unspecified atom stereocenters. The lowest BCUT2D eigenvalue weighted by Gasteiger charge is -2.14. The van der Waals surface area contributed by atoms with E-state index in [1.165, 1.54) is 12.8 Å². The summed E-state index contributed by atoms with van der Waals surface area (Å²) in [6.07, 6.45) is 2.40. The van der Waals surface area contributed by atoms with Gasteiger partial charge in [-0.2, -0.15) is 0 Å². The van der Waals surface area contributed by atoms with Crippen LogP contribution in [-0.4, -0.2) is 16.5 Å². The second kappa shape index (κ2) is 6.94. The van der Waals surface area contributed by atoms with Crippen molar-refractivity contribution in [2.24, 2.45) is 5.92 Å². The fourth-order valence-corrected chi connectivity index (χ4v) is 2.01. The Morgan fingerprint density at radius 2 is 1.88 bits per heavy atom. The lowest BCUT2D eigenvalue weighted by molar-refractivity contribution is 0.518. The number of hydrogen-bond donors (Lipinski definition) is 1. The van der Waals surface area contributed by atoms with E-state index in [0.29, 0.717) is 11.8 Å². The summed E-state index contributed by atoms with van der Waals surface area (Å²) in [6.45, 7) is 9.64. The Morgan fingerprint density at radius 1 is 1.24 bits per heavy atom. The molecule has 0 atom stereocenters. The highest BCUT2D eigenvalue weighted by Gasteiger charge is 2.08. The minimum atomic E-state index is 0.348. The summed E-state index contributed by atoms with van der Waals surface area (Å²) in [5, 5.41) is 3.40. The third-order valence-corrected chi connectivity index (χ3v) is 3.36. The molecule has 1 aromatic heterocycles. The molecule has 1 aromatic rings. The van der Waals surface area contributed by atoms with Crippen LogP contribution in [0.3, 0.4) is 0 Å². The van der Waals surface area contributed by atoms with Crippen LogP contribution in [0.2, 0.25) is 0 Å². The van der Waals surface area contributed by atoms with Gasteiger partial charge < -0.3 is 5.32 Å². The molecule has 0 aliphatic heterocycles. The maximum Gasteiger partial charge on any atom is 0.134 e. The highest BCUT2D eigenvalue weighted by atomic mass is 79.9. The van der Waals surface area contributed by atoms with Crippen molar-refractivity contribution in [2.75, 3.05) is 11.9 Å². The van der Waals surface area contributed by atoms with Gasteiger partial charge in [-0.25, -0.2) is 9.97 Å². The lowest BCUT2D eigenvalue weighted by Crippen LogP contribution is -2.14. The summed E-state index contributed by atoms with van der Waals surface area (Å²) < 4.78 is 0.850. The van der Waals surface area contributed by atoms with Crippen LogP contribution in [0, 0.1) is 5.92 Å². The first-order chi connectivity index (χ1) is 8.06. The molecule has 0 amide bonds. The molecule has 0 aliphatic carbocycles. The molecular formula is C13H22BrN3. The van der Waals surface area contributed by atoms with Crippen molar-refractivity contribution >= 4 is 21.7 Å². The molecule has 0 fully saturated rings. The quantitative estimate of drug-likeness (QED) is 0.800. The number of hydrogen-bond acceptors (Lipinski definition) is 3. The number of aromatic nitrogens is 2. The minimum absolute atomic E-state index is 0.348. The number of nitrogens with one attached hydrogen (secondary N) is 1. The van der Waals surface area contributed by atoms with Crippen LogP contribution >= 0.6 is 15.9 Å². The summed E-state index contributed by atoms with van der Waals surface area (Å²) in [7, 11) is 0. The van der Waals surface area contributed by atoms with Crippen molar-refractivity contribution in [2.45, 2.75) is 46.5 Å². The van der Waals surface area contributed by atoms with Crippen LogP contribution < -0.4 is 5.32 Å². The average molecular weight is 300 g/mol. The summed E-state index contributed by atoms with van der Waals surface area (Å²) >= 11 is 3.43. The first-order valence-electron chi connectivity index (χ1n) is 6.35.